The molecule has 3 nitrogen and oxygen atoms in total. The molecule has 0 radical (unpaired) electrons. The highest BCUT2D eigenvalue weighted by atomic mass is 16.5. The van der Waals surface area contributed by atoms with Crippen LogP contribution >= 0.6 is 0 Å². The molecular weight excluding hydrogens is 236 g/mol. The maximum Gasteiger partial charge on any atom is 0.146 e. The van der Waals surface area contributed by atoms with Gasteiger partial charge in [0, 0.05) is 0 Å². The van der Waals surface area contributed by atoms with Crippen LogP contribution in [0.3, 0.4) is 0 Å². The van der Waals surface area contributed by atoms with Gasteiger partial charge in [0.25, 0.3) is 0 Å². The Labute approximate surface area is 111 Å². The molecule has 0 spiro atoms. The van der Waals surface area contributed by atoms with Gasteiger partial charge in [-0.25, -0.2) is 4.98 Å². The number of ether oxygens (including phenoxy) is 1. The topological polar surface area (TPSA) is 37.9 Å². The van der Waals surface area contributed by atoms with E-state index < -0.39 is 0 Å². The van der Waals surface area contributed by atoms with Crippen LogP contribution in [-0.4, -0.2) is 9.97 Å². The predicted octanol–water partition coefficient (Wildman–Crippen LogP) is 3.66. The second-order valence-electron chi connectivity index (χ2n) is 4.21. The van der Waals surface area contributed by atoms with Crippen molar-refractivity contribution in [3.8, 4) is 17.0 Å². The maximum atomic E-state index is 5.65. The number of H-pyrrole nitrogens is 1. The Kier molecular flexibility index (Phi) is 3.28. The average Bonchev–Trinajstić information content (AvgIpc) is 2.96. The minimum atomic E-state index is 0.441. The molecule has 0 amide bonds. The molecular formula is C16H14N2O. The van der Waals surface area contributed by atoms with Crippen LogP contribution in [0.1, 0.15) is 5.82 Å². The van der Waals surface area contributed by atoms with Crippen molar-refractivity contribution >= 4 is 0 Å². The molecule has 0 atom stereocenters. The monoisotopic (exact) mass is 250 g/mol. The van der Waals surface area contributed by atoms with Gasteiger partial charge >= 0.3 is 0 Å². The molecule has 0 unspecified atom stereocenters. The normalized spacial score (nSPS) is 10.3. The van der Waals surface area contributed by atoms with E-state index in [0.29, 0.717) is 6.61 Å². The van der Waals surface area contributed by atoms with Gasteiger partial charge in [0.15, 0.2) is 0 Å². The lowest BCUT2D eigenvalue weighted by molar-refractivity contribution is 0.297. The van der Waals surface area contributed by atoms with Gasteiger partial charge < -0.3 is 9.72 Å². The summed E-state index contributed by atoms with van der Waals surface area (Å²) in [6.45, 7) is 0.441. The number of hydrogen-bond acceptors (Lipinski definition) is 2. The van der Waals surface area contributed by atoms with Crippen LogP contribution in [-0.2, 0) is 6.61 Å². The lowest BCUT2D eigenvalue weighted by atomic mass is 10.2. The lowest BCUT2D eigenvalue weighted by Gasteiger charge is -2.03. The number of rotatable bonds is 4. The first-order chi connectivity index (χ1) is 9.42. The zero-order valence-corrected chi connectivity index (χ0v) is 10.4. The summed E-state index contributed by atoms with van der Waals surface area (Å²) in [7, 11) is 0. The molecule has 0 bridgehead atoms. The summed E-state index contributed by atoms with van der Waals surface area (Å²) in [5, 5.41) is 0. The Bertz CT molecular complexity index is 632. The zero-order chi connectivity index (χ0) is 12.9. The lowest BCUT2D eigenvalue weighted by Crippen LogP contribution is -1.97. The highest BCUT2D eigenvalue weighted by molar-refractivity contribution is 5.57. The van der Waals surface area contributed by atoms with Gasteiger partial charge in [-0.3, -0.25) is 0 Å². The van der Waals surface area contributed by atoms with Crippen LogP contribution in [0.25, 0.3) is 11.3 Å². The number of imidazole rings is 1. The van der Waals surface area contributed by atoms with Crippen LogP contribution < -0.4 is 4.74 Å². The van der Waals surface area contributed by atoms with Crippen molar-refractivity contribution in [3.63, 3.8) is 0 Å². The number of nitrogens with zero attached hydrogens (tertiary/aromatic N) is 1. The molecule has 3 heteroatoms. The van der Waals surface area contributed by atoms with E-state index in [4.69, 9.17) is 4.74 Å². The minimum absolute atomic E-state index is 0.441. The molecule has 0 saturated carbocycles. The van der Waals surface area contributed by atoms with Crippen LogP contribution in [0.2, 0.25) is 0 Å². The fourth-order valence-electron chi connectivity index (χ4n) is 1.87. The third-order valence-corrected chi connectivity index (χ3v) is 2.83. The Morgan fingerprint density at radius 1 is 0.895 bits per heavy atom. The molecule has 1 aromatic heterocycles. The first-order valence-corrected chi connectivity index (χ1v) is 6.19. The van der Waals surface area contributed by atoms with Crippen LogP contribution in [0.5, 0.6) is 5.75 Å². The SMILES string of the molecule is c1ccc(OCc2ncc(-c3ccccc3)[nH]2)cc1. The van der Waals surface area contributed by atoms with Gasteiger partial charge in [0.2, 0.25) is 0 Å². The van der Waals surface area contributed by atoms with E-state index in [1.165, 1.54) is 0 Å². The predicted molar refractivity (Wildman–Crippen MR) is 74.8 cm³/mol. The average molecular weight is 250 g/mol. The quantitative estimate of drug-likeness (QED) is 0.767. The Balaban J connectivity index is 1.69. The van der Waals surface area contributed by atoms with Gasteiger partial charge in [-0.1, -0.05) is 48.5 Å². The molecule has 0 aliphatic carbocycles. The summed E-state index contributed by atoms with van der Waals surface area (Å²) in [6.07, 6.45) is 1.83. The zero-order valence-electron chi connectivity index (χ0n) is 10.4. The van der Waals surface area contributed by atoms with Crippen molar-refractivity contribution in [3.05, 3.63) is 72.7 Å². The summed E-state index contributed by atoms with van der Waals surface area (Å²) in [6, 6.07) is 19.9. The number of benzene rings is 2. The van der Waals surface area contributed by atoms with Crippen LogP contribution in [0, 0.1) is 0 Å². The summed E-state index contributed by atoms with van der Waals surface area (Å²) < 4.78 is 5.65. The van der Waals surface area contributed by atoms with Gasteiger partial charge in [-0.15, -0.1) is 0 Å². The van der Waals surface area contributed by atoms with E-state index in [0.717, 1.165) is 22.8 Å². The first kappa shape index (κ1) is 11.5. The summed E-state index contributed by atoms with van der Waals surface area (Å²) >= 11 is 0. The molecule has 1 N–H and O–H groups in total. The number of nitrogens with one attached hydrogen (secondary N) is 1. The largest absolute Gasteiger partial charge is 0.486 e. The van der Waals surface area contributed by atoms with E-state index in [1.54, 1.807) is 0 Å². The van der Waals surface area contributed by atoms with Crippen molar-refractivity contribution in [1.29, 1.82) is 0 Å². The fourth-order valence-corrected chi connectivity index (χ4v) is 1.87. The Hall–Kier alpha value is -2.55. The number of aromatic amines is 1. The third kappa shape index (κ3) is 2.83. The molecule has 94 valence electrons. The summed E-state index contributed by atoms with van der Waals surface area (Å²) in [5.41, 5.74) is 2.13. The molecule has 0 fully saturated rings. The van der Waals surface area contributed by atoms with E-state index in [2.05, 4.69) is 22.1 Å². The highest BCUT2D eigenvalue weighted by Crippen LogP contribution is 2.17. The maximum absolute atomic E-state index is 5.65. The van der Waals surface area contributed by atoms with E-state index >= 15 is 0 Å². The van der Waals surface area contributed by atoms with Gasteiger partial charge in [-0.05, 0) is 17.7 Å². The number of aromatic nitrogens is 2. The Morgan fingerprint density at radius 3 is 2.32 bits per heavy atom. The van der Waals surface area contributed by atoms with Crippen molar-refractivity contribution in [2.75, 3.05) is 0 Å². The van der Waals surface area contributed by atoms with E-state index in [1.807, 2.05) is 54.7 Å². The van der Waals surface area contributed by atoms with Crippen molar-refractivity contribution in [2.24, 2.45) is 0 Å². The molecule has 0 aliphatic heterocycles. The standard InChI is InChI=1S/C16H14N2O/c1-3-7-13(8-4-1)15-11-17-16(18-15)12-19-14-9-5-2-6-10-14/h1-11H,12H2,(H,17,18). The second kappa shape index (κ2) is 5.40. The molecule has 0 aliphatic rings. The van der Waals surface area contributed by atoms with Crippen LogP contribution in [0.15, 0.2) is 66.9 Å². The van der Waals surface area contributed by atoms with E-state index in [-0.39, 0.29) is 0 Å². The molecule has 3 aromatic rings. The molecule has 19 heavy (non-hydrogen) atoms. The third-order valence-electron chi connectivity index (χ3n) is 2.83. The van der Waals surface area contributed by atoms with Crippen molar-refractivity contribution in [2.45, 2.75) is 6.61 Å². The first-order valence-electron chi connectivity index (χ1n) is 6.19. The Morgan fingerprint density at radius 2 is 1.58 bits per heavy atom. The van der Waals surface area contributed by atoms with Crippen LogP contribution in [0.4, 0.5) is 0 Å². The molecule has 3 rings (SSSR count). The van der Waals surface area contributed by atoms with Gasteiger partial charge in [-0.2, -0.15) is 0 Å². The van der Waals surface area contributed by atoms with Crippen molar-refractivity contribution in [1.82, 2.24) is 9.97 Å². The van der Waals surface area contributed by atoms with E-state index in [9.17, 15) is 0 Å². The minimum Gasteiger partial charge on any atom is -0.486 e. The molecule has 1 heterocycles. The number of hydrogen-bond donors (Lipinski definition) is 1. The van der Waals surface area contributed by atoms with Crippen molar-refractivity contribution < 1.29 is 4.74 Å². The highest BCUT2D eigenvalue weighted by Gasteiger charge is 2.03. The second-order valence-corrected chi connectivity index (χ2v) is 4.21. The molecule has 2 aromatic carbocycles. The smallest absolute Gasteiger partial charge is 0.146 e. The fraction of sp³-hybridized carbons (Fsp3) is 0.0625. The molecule has 0 saturated heterocycles. The van der Waals surface area contributed by atoms with Gasteiger partial charge in [0.1, 0.15) is 18.2 Å². The van der Waals surface area contributed by atoms with Gasteiger partial charge in [0.05, 0.1) is 11.9 Å². The summed E-state index contributed by atoms with van der Waals surface area (Å²) in [5.74, 6) is 1.67. The summed E-state index contributed by atoms with van der Waals surface area (Å²) in [4.78, 5) is 7.59. The number of para-hydroxylation sites is 1.